The lowest BCUT2D eigenvalue weighted by molar-refractivity contribution is -0.143. The Morgan fingerprint density at radius 2 is 1.40 bits per heavy atom. The monoisotopic (exact) mass is 424 g/mol. The molecule has 1 aromatic rings. The van der Waals surface area contributed by atoms with Crippen LogP contribution in [0.5, 0.6) is 5.88 Å². The Labute approximate surface area is 182 Å². The molecule has 174 valence electrons. The van der Waals surface area contributed by atoms with Gasteiger partial charge in [0.2, 0.25) is 5.88 Å². The lowest BCUT2D eigenvalue weighted by Gasteiger charge is -2.08. The lowest BCUT2D eigenvalue weighted by atomic mass is 10.1. The van der Waals surface area contributed by atoms with Crippen molar-refractivity contribution in [1.29, 1.82) is 0 Å². The summed E-state index contributed by atoms with van der Waals surface area (Å²) in [7, 11) is 0. The summed E-state index contributed by atoms with van der Waals surface area (Å²) in [5, 5.41) is 10.7. The van der Waals surface area contributed by atoms with Gasteiger partial charge in [-0.1, -0.05) is 65.2 Å². The molecule has 0 fully saturated rings. The van der Waals surface area contributed by atoms with Crippen molar-refractivity contribution < 1.29 is 14.6 Å². The van der Waals surface area contributed by atoms with Crippen LogP contribution in [0.4, 0.5) is 0 Å². The van der Waals surface area contributed by atoms with Crippen molar-refractivity contribution in [1.82, 2.24) is 9.13 Å². The molecule has 0 saturated heterocycles. The standard InChI is InChI=1S/C24H44N2O4/c1-4-7-9-10-13-16-20-25-21(23(28)26(24(25)29)19-8-5-2)17-14-11-12-15-18-22(27)30-6-3/h28H,4-20H2,1-3H3. The first-order valence-electron chi connectivity index (χ1n) is 12.2. The lowest BCUT2D eigenvalue weighted by Crippen LogP contribution is -2.25. The fraction of sp³-hybridized carbons (Fsp3) is 0.833. The molecule has 0 aliphatic heterocycles. The quantitative estimate of drug-likeness (QED) is 0.247. The summed E-state index contributed by atoms with van der Waals surface area (Å²) in [6.07, 6.45) is 13.8. The predicted octanol–water partition coefficient (Wildman–Crippen LogP) is 5.57. The van der Waals surface area contributed by atoms with E-state index in [0.29, 0.717) is 32.5 Å². The van der Waals surface area contributed by atoms with Gasteiger partial charge in [-0.2, -0.15) is 0 Å². The Bertz CT molecular complexity index is 648. The van der Waals surface area contributed by atoms with Crippen molar-refractivity contribution in [3.8, 4) is 5.88 Å². The highest BCUT2D eigenvalue weighted by Crippen LogP contribution is 2.21. The average molecular weight is 425 g/mol. The van der Waals surface area contributed by atoms with E-state index in [1.807, 2.05) is 11.5 Å². The average Bonchev–Trinajstić information content (AvgIpc) is 2.95. The highest BCUT2D eigenvalue weighted by Gasteiger charge is 2.18. The minimum Gasteiger partial charge on any atom is -0.493 e. The number of nitrogens with zero attached hydrogens (tertiary/aromatic N) is 2. The predicted molar refractivity (Wildman–Crippen MR) is 122 cm³/mol. The summed E-state index contributed by atoms with van der Waals surface area (Å²) in [5.41, 5.74) is 0.724. The van der Waals surface area contributed by atoms with Crippen LogP contribution >= 0.6 is 0 Å². The summed E-state index contributed by atoms with van der Waals surface area (Å²) in [6, 6.07) is 0. The third-order valence-corrected chi connectivity index (χ3v) is 5.62. The van der Waals surface area contributed by atoms with Gasteiger partial charge in [-0.3, -0.25) is 13.9 Å². The van der Waals surface area contributed by atoms with Gasteiger partial charge >= 0.3 is 11.7 Å². The second-order valence-electron chi connectivity index (χ2n) is 8.20. The zero-order valence-corrected chi connectivity index (χ0v) is 19.6. The molecule has 1 heterocycles. The number of aromatic nitrogens is 2. The maximum Gasteiger partial charge on any atom is 0.331 e. The third-order valence-electron chi connectivity index (χ3n) is 5.62. The van der Waals surface area contributed by atoms with E-state index in [1.165, 1.54) is 25.7 Å². The molecule has 0 aromatic carbocycles. The van der Waals surface area contributed by atoms with Crippen molar-refractivity contribution >= 4 is 5.97 Å². The van der Waals surface area contributed by atoms with Crippen LogP contribution in [-0.2, 0) is 29.0 Å². The molecule has 0 amide bonds. The summed E-state index contributed by atoms with van der Waals surface area (Å²) in [4.78, 5) is 24.3. The molecule has 1 N–H and O–H groups in total. The van der Waals surface area contributed by atoms with E-state index in [0.717, 1.165) is 57.1 Å². The smallest absolute Gasteiger partial charge is 0.331 e. The van der Waals surface area contributed by atoms with Gasteiger partial charge in [-0.15, -0.1) is 0 Å². The molecule has 1 rings (SSSR count). The van der Waals surface area contributed by atoms with Crippen molar-refractivity contribution in [2.45, 2.75) is 124 Å². The molecule has 6 nitrogen and oxygen atoms in total. The van der Waals surface area contributed by atoms with Crippen LogP contribution < -0.4 is 5.69 Å². The fourth-order valence-electron chi connectivity index (χ4n) is 3.82. The topological polar surface area (TPSA) is 73.5 Å². The van der Waals surface area contributed by atoms with Gasteiger partial charge in [0.15, 0.2) is 0 Å². The zero-order valence-electron chi connectivity index (χ0n) is 19.6. The molecule has 0 atom stereocenters. The molecule has 0 unspecified atom stereocenters. The second kappa shape index (κ2) is 16.0. The highest BCUT2D eigenvalue weighted by atomic mass is 16.5. The largest absolute Gasteiger partial charge is 0.493 e. The van der Waals surface area contributed by atoms with Crippen LogP contribution in [0.15, 0.2) is 4.79 Å². The summed E-state index contributed by atoms with van der Waals surface area (Å²) in [5.74, 6) is 0.0295. The fourth-order valence-corrected chi connectivity index (χ4v) is 3.82. The van der Waals surface area contributed by atoms with Gasteiger partial charge in [0.25, 0.3) is 0 Å². The molecule has 6 heteroatoms. The van der Waals surface area contributed by atoms with Crippen LogP contribution in [0.25, 0.3) is 0 Å². The first kappa shape index (κ1) is 26.3. The molecule has 0 aliphatic carbocycles. The molecule has 0 bridgehead atoms. The van der Waals surface area contributed by atoms with Crippen LogP contribution in [0, 0.1) is 0 Å². The maximum atomic E-state index is 12.9. The van der Waals surface area contributed by atoms with E-state index >= 15 is 0 Å². The summed E-state index contributed by atoms with van der Waals surface area (Å²) < 4.78 is 8.31. The van der Waals surface area contributed by atoms with E-state index in [9.17, 15) is 14.7 Å². The number of carbonyl (C=O) groups is 1. The molecule has 0 aliphatic rings. The first-order valence-corrected chi connectivity index (χ1v) is 12.2. The normalized spacial score (nSPS) is 11.2. The highest BCUT2D eigenvalue weighted by molar-refractivity contribution is 5.69. The SMILES string of the molecule is CCCCCCCCn1c(CCCCCCC(=O)OCC)c(O)n(CCCC)c1=O. The van der Waals surface area contributed by atoms with Crippen LogP contribution in [0.2, 0.25) is 0 Å². The Hall–Kier alpha value is -1.72. The van der Waals surface area contributed by atoms with Crippen LogP contribution in [0.3, 0.4) is 0 Å². The number of unbranched alkanes of at least 4 members (excludes halogenated alkanes) is 9. The maximum absolute atomic E-state index is 12.9. The molecular formula is C24H44N2O4. The number of imidazole rings is 1. The number of hydrogen-bond acceptors (Lipinski definition) is 4. The number of carbonyl (C=O) groups excluding carboxylic acids is 1. The molecule has 0 radical (unpaired) electrons. The minimum absolute atomic E-state index is 0.0631. The van der Waals surface area contributed by atoms with E-state index in [2.05, 4.69) is 13.8 Å². The number of rotatable bonds is 18. The molecule has 1 aromatic heterocycles. The molecular weight excluding hydrogens is 380 g/mol. The Kier molecular flexibility index (Phi) is 14.1. The van der Waals surface area contributed by atoms with Crippen LogP contribution in [0.1, 0.15) is 110 Å². The molecule has 0 spiro atoms. The third kappa shape index (κ3) is 9.40. The molecule has 30 heavy (non-hydrogen) atoms. The van der Waals surface area contributed by atoms with E-state index in [1.54, 1.807) is 4.57 Å². The summed E-state index contributed by atoms with van der Waals surface area (Å²) >= 11 is 0. The van der Waals surface area contributed by atoms with Crippen LogP contribution in [-0.4, -0.2) is 26.8 Å². The van der Waals surface area contributed by atoms with Crippen molar-refractivity contribution in [3.63, 3.8) is 0 Å². The van der Waals surface area contributed by atoms with Gasteiger partial charge in [0.1, 0.15) is 0 Å². The second-order valence-corrected chi connectivity index (χ2v) is 8.20. The number of hydrogen-bond donors (Lipinski definition) is 1. The Morgan fingerprint density at radius 3 is 2.10 bits per heavy atom. The van der Waals surface area contributed by atoms with Crippen molar-refractivity contribution in [2.75, 3.05) is 6.61 Å². The van der Waals surface area contributed by atoms with E-state index in [-0.39, 0.29) is 17.5 Å². The van der Waals surface area contributed by atoms with E-state index < -0.39 is 0 Å². The Morgan fingerprint density at radius 1 is 0.800 bits per heavy atom. The van der Waals surface area contributed by atoms with Crippen molar-refractivity contribution in [3.05, 3.63) is 16.2 Å². The summed E-state index contributed by atoms with van der Waals surface area (Å²) in [6.45, 7) is 7.83. The van der Waals surface area contributed by atoms with Gasteiger partial charge in [-0.25, -0.2) is 4.79 Å². The number of esters is 1. The van der Waals surface area contributed by atoms with Gasteiger partial charge in [-0.05, 0) is 39.0 Å². The van der Waals surface area contributed by atoms with Gasteiger partial charge in [0.05, 0.1) is 12.3 Å². The minimum atomic E-state index is -0.129. The Balaban J connectivity index is 2.60. The number of ether oxygens (including phenoxy) is 1. The zero-order chi connectivity index (χ0) is 22.2. The van der Waals surface area contributed by atoms with Gasteiger partial charge in [0, 0.05) is 19.5 Å². The van der Waals surface area contributed by atoms with Gasteiger partial charge < -0.3 is 9.84 Å². The first-order chi connectivity index (χ1) is 14.6. The van der Waals surface area contributed by atoms with E-state index in [4.69, 9.17) is 4.74 Å². The molecule has 0 saturated carbocycles. The number of aromatic hydroxyl groups is 1. The van der Waals surface area contributed by atoms with Crippen molar-refractivity contribution in [2.24, 2.45) is 0 Å².